The van der Waals surface area contributed by atoms with Gasteiger partial charge in [0, 0.05) is 17.1 Å². The van der Waals surface area contributed by atoms with Crippen molar-refractivity contribution in [2.75, 3.05) is 0 Å². The molecule has 106 valence electrons. The van der Waals surface area contributed by atoms with E-state index in [1.165, 1.54) is 18.4 Å². The maximum atomic E-state index is 5.92. The summed E-state index contributed by atoms with van der Waals surface area (Å²) in [4.78, 5) is 3.96. The Hall–Kier alpha value is -1.39. The molecule has 1 atom stereocenters. The smallest absolute Gasteiger partial charge is 0.137 e. The van der Waals surface area contributed by atoms with Gasteiger partial charge in [-0.05, 0) is 43.4 Å². The summed E-state index contributed by atoms with van der Waals surface area (Å²) < 4.78 is 1.87. The summed E-state index contributed by atoms with van der Waals surface area (Å²) >= 11 is 5.92. The average molecular weight is 291 g/mol. The van der Waals surface area contributed by atoms with Gasteiger partial charge >= 0.3 is 0 Å². The van der Waals surface area contributed by atoms with Gasteiger partial charge in [0.2, 0.25) is 0 Å². The quantitative estimate of drug-likeness (QED) is 0.921. The topological polar surface area (TPSA) is 42.7 Å². The van der Waals surface area contributed by atoms with Crippen molar-refractivity contribution in [1.29, 1.82) is 0 Å². The van der Waals surface area contributed by atoms with Crippen LogP contribution in [0.15, 0.2) is 36.9 Å². The van der Waals surface area contributed by atoms with Crippen molar-refractivity contribution in [3.63, 3.8) is 0 Å². The molecule has 0 bridgehead atoms. The number of aromatic nitrogens is 3. The lowest BCUT2D eigenvalue weighted by molar-refractivity contribution is 0.258. The van der Waals surface area contributed by atoms with Crippen LogP contribution in [0.25, 0.3) is 0 Å². The Kier molecular flexibility index (Phi) is 4.03. The number of nitrogens with one attached hydrogen (secondary N) is 1. The van der Waals surface area contributed by atoms with Crippen molar-refractivity contribution in [3.05, 3.63) is 47.5 Å². The molecule has 0 amide bonds. The summed E-state index contributed by atoms with van der Waals surface area (Å²) in [7, 11) is 0. The predicted octanol–water partition coefficient (Wildman–Crippen LogP) is 2.86. The molecule has 0 spiro atoms. The predicted molar refractivity (Wildman–Crippen MR) is 79.8 cm³/mol. The highest BCUT2D eigenvalue weighted by Gasteiger charge is 2.30. The van der Waals surface area contributed by atoms with Gasteiger partial charge in [-0.3, -0.25) is 4.68 Å². The Bertz CT molecular complexity index is 532. The fourth-order valence-electron chi connectivity index (χ4n) is 2.82. The minimum Gasteiger partial charge on any atom is -0.310 e. The van der Waals surface area contributed by atoms with Gasteiger partial charge in [-0.1, -0.05) is 23.7 Å². The lowest BCUT2D eigenvalue weighted by Crippen LogP contribution is -2.45. The van der Waals surface area contributed by atoms with Crippen LogP contribution in [0, 0.1) is 0 Å². The van der Waals surface area contributed by atoms with E-state index >= 15 is 0 Å². The highest BCUT2D eigenvalue weighted by atomic mass is 35.5. The second-order valence-corrected chi connectivity index (χ2v) is 6.04. The molecule has 2 aromatic rings. The van der Waals surface area contributed by atoms with Gasteiger partial charge in [0.1, 0.15) is 12.7 Å². The van der Waals surface area contributed by atoms with Crippen molar-refractivity contribution in [2.45, 2.75) is 44.3 Å². The molecule has 1 aliphatic rings. The fourth-order valence-corrected chi connectivity index (χ4v) is 2.95. The van der Waals surface area contributed by atoms with Gasteiger partial charge in [0.15, 0.2) is 0 Å². The minimum absolute atomic E-state index is 0.410. The van der Waals surface area contributed by atoms with E-state index in [1.807, 2.05) is 16.8 Å². The van der Waals surface area contributed by atoms with Crippen LogP contribution >= 0.6 is 11.6 Å². The van der Waals surface area contributed by atoms with Gasteiger partial charge in [0.05, 0.1) is 6.54 Å². The minimum atomic E-state index is 0.410. The third kappa shape index (κ3) is 3.19. The molecule has 1 N–H and O–H groups in total. The SMILES string of the molecule is C[C@@H](Cn1cncn1)NC1CC(c2ccc(Cl)cc2)C1. The maximum absolute atomic E-state index is 5.92. The van der Waals surface area contributed by atoms with Crippen LogP contribution in [-0.2, 0) is 6.54 Å². The molecule has 20 heavy (non-hydrogen) atoms. The Morgan fingerprint density at radius 1 is 1.35 bits per heavy atom. The van der Waals surface area contributed by atoms with Crippen LogP contribution in [0.5, 0.6) is 0 Å². The molecule has 1 aromatic carbocycles. The summed E-state index contributed by atoms with van der Waals surface area (Å²) in [5.41, 5.74) is 1.40. The molecule has 0 saturated heterocycles. The lowest BCUT2D eigenvalue weighted by Gasteiger charge is -2.38. The van der Waals surface area contributed by atoms with Crippen molar-refractivity contribution < 1.29 is 0 Å². The van der Waals surface area contributed by atoms with Gasteiger partial charge in [0.25, 0.3) is 0 Å². The van der Waals surface area contributed by atoms with Crippen LogP contribution in [0.3, 0.4) is 0 Å². The zero-order valence-corrected chi connectivity index (χ0v) is 12.3. The highest BCUT2D eigenvalue weighted by molar-refractivity contribution is 6.30. The second kappa shape index (κ2) is 5.94. The van der Waals surface area contributed by atoms with Gasteiger partial charge in [-0.25, -0.2) is 4.98 Å². The number of rotatable bonds is 5. The average Bonchev–Trinajstić information content (AvgIpc) is 2.87. The van der Waals surface area contributed by atoms with E-state index < -0.39 is 0 Å². The molecular formula is C15H19ClN4. The number of nitrogens with zero attached hydrogens (tertiary/aromatic N) is 3. The molecule has 1 fully saturated rings. The van der Waals surface area contributed by atoms with Crippen molar-refractivity contribution in [2.24, 2.45) is 0 Å². The van der Waals surface area contributed by atoms with Crippen LogP contribution in [0.1, 0.15) is 31.2 Å². The molecular weight excluding hydrogens is 272 g/mol. The molecule has 1 aromatic heterocycles. The summed E-state index contributed by atoms with van der Waals surface area (Å²) in [6.07, 6.45) is 5.73. The van der Waals surface area contributed by atoms with Gasteiger partial charge < -0.3 is 5.32 Å². The number of hydrogen-bond acceptors (Lipinski definition) is 3. The zero-order valence-electron chi connectivity index (χ0n) is 11.5. The monoisotopic (exact) mass is 290 g/mol. The first-order chi connectivity index (χ1) is 9.70. The molecule has 0 unspecified atom stereocenters. The molecule has 5 heteroatoms. The summed E-state index contributed by atoms with van der Waals surface area (Å²) in [6, 6.07) is 9.25. The van der Waals surface area contributed by atoms with E-state index in [-0.39, 0.29) is 0 Å². The summed E-state index contributed by atoms with van der Waals surface area (Å²) in [5.74, 6) is 0.670. The highest BCUT2D eigenvalue weighted by Crippen LogP contribution is 2.37. The number of hydrogen-bond donors (Lipinski definition) is 1. The molecule has 0 radical (unpaired) electrons. The van der Waals surface area contributed by atoms with E-state index in [0.29, 0.717) is 18.0 Å². The first kappa shape index (κ1) is 13.6. The van der Waals surface area contributed by atoms with E-state index in [2.05, 4.69) is 34.5 Å². The van der Waals surface area contributed by atoms with Crippen molar-refractivity contribution in [3.8, 4) is 0 Å². The van der Waals surface area contributed by atoms with Crippen LogP contribution in [-0.4, -0.2) is 26.8 Å². The number of halogens is 1. The standard InChI is InChI=1S/C15H19ClN4/c1-11(8-20-10-17-9-18-20)19-15-6-13(7-15)12-2-4-14(16)5-3-12/h2-5,9-11,13,15,19H,6-8H2,1H3/t11-,13?,15?/m0/s1. The Balaban J connectivity index is 1.45. The van der Waals surface area contributed by atoms with E-state index in [9.17, 15) is 0 Å². The maximum Gasteiger partial charge on any atom is 0.137 e. The molecule has 4 nitrogen and oxygen atoms in total. The third-order valence-corrected chi connectivity index (χ3v) is 4.18. The lowest BCUT2D eigenvalue weighted by atomic mass is 9.75. The normalized spacial score (nSPS) is 23.3. The van der Waals surface area contributed by atoms with Crippen molar-refractivity contribution >= 4 is 11.6 Å². The van der Waals surface area contributed by atoms with Gasteiger partial charge in [-0.2, -0.15) is 5.10 Å². The first-order valence-corrected chi connectivity index (χ1v) is 7.42. The van der Waals surface area contributed by atoms with Crippen molar-refractivity contribution in [1.82, 2.24) is 20.1 Å². The fraction of sp³-hybridized carbons (Fsp3) is 0.467. The second-order valence-electron chi connectivity index (χ2n) is 5.60. The zero-order chi connectivity index (χ0) is 13.9. The molecule has 1 aliphatic carbocycles. The van der Waals surface area contributed by atoms with Crippen LogP contribution in [0.2, 0.25) is 5.02 Å². The molecule has 0 aliphatic heterocycles. The Morgan fingerprint density at radius 2 is 2.10 bits per heavy atom. The molecule has 1 saturated carbocycles. The van der Waals surface area contributed by atoms with E-state index in [0.717, 1.165) is 11.6 Å². The van der Waals surface area contributed by atoms with E-state index in [4.69, 9.17) is 11.6 Å². The third-order valence-electron chi connectivity index (χ3n) is 3.93. The molecule has 3 rings (SSSR count). The Morgan fingerprint density at radius 3 is 2.75 bits per heavy atom. The number of benzene rings is 1. The van der Waals surface area contributed by atoms with Crippen LogP contribution in [0.4, 0.5) is 0 Å². The first-order valence-electron chi connectivity index (χ1n) is 7.04. The van der Waals surface area contributed by atoms with Crippen LogP contribution < -0.4 is 5.32 Å². The Labute approximate surface area is 124 Å². The summed E-state index contributed by atoms with van der Waals surface area (Å²) in [6.45, 7) is 3.05. The van der Waals surface area contributed by atoms with E-state index in [1.54, 1.807) is 12.7 Å². The van der Waals surface area contributed by atoms with Gasteiger partial charge in [-0.15, -0.1) is 0 Å². The molecule has 1 heterocycles. The summed E-state index contributed by atoms with van der Waals surface area (Å²) in [5, 5.41) is 8.59. The largest absolute Gasteiger partial charge is 0.310 e.